The van der Waals surface area contributed by atoms with Gasteiger partial charge in [-0.25, -0.2) is 0 Å². The monoisotopic (exact) mass is 1200 g/mol. The first kappa shape index (κ1) is 63.6. The molecule has 0 spiro atoms. The average Bonchev–Trinajstić information content (AvgIpc) is 0.853. The van der Waals surface area contributed by atoms with Gasteiger partial charge in [0.15, 0.2) is 0 Å². The fourth-order valence-electron chi connectivity index (χ4n) is 14.0. The molecule has 0 radical (unpaired) electrons. The normalized spacial score (nSPS) is 12.4. The lowest BCUT2D eigenvalue weighted by Crippen LogP contribution is -2.43. The van der Waals surface area contributed by atoms with E-state index in [9.17, 15) is 0 Å². The van der Waals surface area contributed by atoms with Crippen LogP contribution in [-0.2, 0) is 26.6 Å². The van der Waals surface area contributed by atoms with Gasteiger partial charge in [-0.3, -0.25) is 0 Å². The number of rotatable bonds is 12. The zero-order chi connectivity index (χ0) is 61.9. The molecule has 0 aliphatic heterocycles. The molecule has 10 heteroatoms. The summed E-state index contributed by atoms with van der Waals surface area (Å²) in [6.45, 7) is 28.9. The van der Waals surface area contributed by atoms with Gasteiger partial charge in [0.05, 0.1) is 0 Å². The van der Waals surface area contributed by atoms with Crippen LogP contribution in [0.2, 0.25) is 33.2 Å². The molecule has 0 aliphatic rings. The first-order valence-corrected chi connectivity index (χ1v) is 38.2. The second kappa shape index (κ2) is 26.2. The molecule has 0 unspecified atom stereocenters. The van der Waals surface area contributed by atoms with Crippen molar-refractivity contribution in [3.8, 4) is 45.9 Å². The molecule has 0 aliphatic carbocycles. The van der Waals surface area contributed by atoms with E-state index in [1.165, 1.54) is 54.2 Å². The highest BCUT2D eigenvalue weighted by atomic mass is 28.4. The lowest BCUT2D eigenvalue weighted by molar-refractivity contribution is 0.141. The summed E-state index contributed by atoms with van der Waals surface area (Å²) in [6, 6.07) is 52.3. The van der Waals surface area contributed by atoms with Crippen molar-refractivity contribution < 1.29 is 26.6 Å². The standard InChI is InChI=1S/C44H54Si2.C32H30O6Si2/c1-29(2)45(30(3)4,31(5)6)23-21-39-41-25-35-17-13-15-19-37(35)27-43(41)40(22-24-46(32(7)8,33(9)10)34(11)12)44-28-38-20-16-14-18-36(38)26-42(39)44;1-33-39(34-2,35-3)17-15-27-29-19-23-11-7-9-13-25(23)21-31(29)28(16-18-40(36-4,37-5)38-6)32-22-26-14-10-8-12-24(26)20-30(27)32/h13-20,25-34H,1-12H3;7-14,19-22H,1-6H3. The largest absolute Gasteiger partial charge is 0.591 e. The predicted octanol–water partition coefficient (Wildman–Crippen LogP) is 19.3. The van der Waals surface area contributed by atoms with E-state index >= 15 is 0 Å². The zero-order valence-corrected chi connectivity index (χ0v) is 57.8. The van der Waals surface area contributed by atoms with Gasteiger partial charge in [-0.15, -0.1) is 11.1 Å². The minimum atomic E-state index is -3.18. The highest BCUT2D eigenvalue weighted by Gasteiger charge is 2.43. The molecule has 10 rings (SSSR count). The summed E-state index contributed by atoms with van der Waals surface area (Å²) in [5, 5.41) is 18.2. The Balaban J connectivity index is 0.000000207. The van der Waals surface area contributed by atoms with Crippen molar-refractivity contribution in [3.63, 3.8) is 0 Å². The number of fused-ring (bicyclic) bond motifs is 8. The van der Waals surface area contributed by atoms with Gasteiger partial charge in [-0.05, 0) is 179 Å². The maximum absolute atomic E-state index is 5.62. The van der Waals surface area contributed by atoms with Crippen molar-refractivity contribution in [3.05, 3.63) is 168 Å². The van der Waals surface area contributed by atoms with Crippen LogP contribution in [0, 0.1) is 45.9 Å². The van der Waals surface area contributed by atoms with Gasteiger partial charge in [-0.2, -0.15) is 0 Å². The molecule has 86 heavy (non-hydrogen) atoms. The van der Waals surface area contributed by atoms with Crippen molar-refractivity contribution in [1.82, 2.24) is 0 Å². The maximum Gasteiger partial charge on any atom is 0.591 e. The smallest absolute Gasteiger partial charge is 0.367 e. The van der Waals surface area contributed by atoms with Crippen LogP contribution >= 0.6 is 0 Å². The molecule has 6 nitrogen and oxygen atoms in total. The minimum Gasteiger partial charge on any atom is -0.367 e. The van der Waals surface area contributed by atoms with Crippen LogP contribution in [-0.4, -0.2) is 76.4 Å². The van der Waals surface area contributed by atoms with E-state index < -0.39 is 33.8 Å². The predicted molar refractivity (Wildman–Crippen MR) is 376 cm³/mol. The van der Waals surface area contributed by atoms with Crippen molar-refractivity contribution >= 4 is 120 Å². The molecule has 0 atom stereocenters. The summed E-state index contributed by atoms with van der Waals surface area (Å²) < 4.78 is 33.7. The van der Waals surface area contributed by atoms with E-state index in [0.717, 1.165) is 54.2 Å². The van der Waals surface area contributed by atoms with Crippen LogP contribution in [0.5, 0.6) is 0 Å². The lowest BCUT2D eigenvalue weighted by Gasteiger charge is -2.38. The first-order valence-electron chi connectivity index (χ1n) is 30.3. The van der Waals surface area contributed by atoms with Gasteiger partial charge in [-0.1, -0.05) is 204 Å². The zero-order valence-electron chi connectivity index (χ0n) is 53.8. The van der Waals surface area contributed by atoms with Crippen molar-refractivity contribution in [1.29, 1.82) is 0 Å². The molecule has 10 aromatic carbocycles. The average molecular weight is 1210 g/mol. The van der Waals surface area contributed by atoms with Crippen LogP contribution in [0.1, 0.15) is 105 Å². The Bertz CT molecular complexity index is 3930. The van der Waals surface area contributed by atoms with E-state index in [1.54, 1.807) is 42.7 Å². The number of benzene rings is 10. The van der Waals surface area contributed by atoms with Gasteiger partial charge >= 0.3 is 17.6 Å². The summed E-state index contributed by atoms with van der Waals surface area (Å²) in [5.74, 6) is 14.8. The third-order valence-electron chi connectivity index (χ3n) is 18.5. The van der Waals surface area contributed by atoms with Crippen molar-refractivity contribution in [2.24, 2.45) is 0 Å². The van der Waals surface area contributed by atoms with Gasteiger partial charge < -0.3 is 26.6 Å². The second-order valence-corrected chi connectivity index (χ2v) is 40.9. The molecule has 0 saturated heterocycles. The molecule has 0 heterocycles. The van der Waals surface area contributed by atoms with Crippen molar-refractivity contribution in [2.75, 3.05) is 42.7 Å². The molecule has 0 bridgehead atoms. The van der Waals surface area contributed by atoms with Gasteiger partial charge in [0.2, 0.25) is 0 Å². The highest BCUT2D eigenvalue weighted by Crippen LogP contribution is 2.45. The molecule has 0 amide bonds. The van der Waals surface area contributed by atoms with E-state index in [0.29, 0.717) is 33.2 Å². The molecular weight excluding hydrogens is 1120 g/mol. The Kier molecular flexibility index (Phi) is 19.4. The van der Waals surface area contributed by atoms with Crippen LogP contribution in [0.4, 0.5) is 0 Å². The molecule has 10 aromatic rings. The summed E-state index contributed by atoms with van der Waals surface area (Å²) in [5.41, 5.74) is 22.1. The highest BCUT2D eigenvalue weighted by molar-refractivity contribution is 6.91. The maximum atomic E-state index is 5.62. The number of hydrogen-bond donors (Lipinski definition) is 0. The van der Waals surface area contributed by atoms with Crippen LogP contribution < -0.4 is 0 Å². The quantitative estimate of drug-likeness (QED) is 0.0690. The topological polar surface area (TPSA) is 55.4 Å². The van der Waals surface area contributed by atoms with E-state index in [4.69, 9.17) is 26.6 Å². The van der Waals surface area contributed by atoms with Crippen molar-refractivity contribution in [2.45, 2.75) is 116 Å². The van der Waals surface area contributed by atoms with Gasteiger partial charge in [0.1, 0.15) is 16.1 Å². The third-order valence-corrected chi connectivity index (χ3v) is 35.2. The van der Waals surface area contributed by atoms with Crippen LogP contribution in [0.3, 0.4) is 0 Å². The Morgan fingerprint density at radius 3 is 0.535 bits per heavy atom. The Morgan fingerprint density at radius 1 is 0.244 bits per heavy atom. The molecule has 440 valence electrons. The molecule has 0 N–H and O–H groups in total. The van der Waals surface area contributed by atoms with Gasteiger partial charge in [0, 0.05) is 64.9 Å². The van der Waals surface area contributed by atoms with E-state index in [1.807, 2.05) is 24.3 Å². The first-order chi connectivity index (χ1) is 41.2. The summed E-state index contributed by atoms with van der Waals surface area (Å²) >= 11 is 0. The van der Waals surface area contributed by atoms with E-state index in [-0.39, 0.29) is 0 Å². The fourth-order valence-corrected chi connectivity index (χ4v) is 26.6. The van der Waals surface area contributed by atoms with Crippen LogP contribution in [0.15, 0.2) is 146 Å². The lowest BCUT2D eigenvalue weighted by atomic mass is 9.89. The molecule has 0 aromatic heterocycles. The molecule has 0 saturated carbocycles. The van der Waals surface area contributed by atoms with Crippen LogP contribution in [0.25, 0.3) is 86.2 Å². The summed E-state index contributed by atoms with van der Waals surface area (Å²) in [4.78, 5) is 0. The Labute approximate surface area is 516 Å². The molecular formula is C76H84O6Si4. The number of hydrogen-bond acceptors (Lipinski definition) is 6. The summed E-state index contributed by atoms with van der Waals surface area (Å²) in [7, 11) is -0.961. The van der Waals surface area contributed by atoms with E-state index in [2.05, 4.69) is 250 Å². The van der Waals surface area contributed by atoms with Gasteiger partial charge in [0.25, 0.3) is 0 Å². The minimum absolute atomic E-state index is 0.575. The third kappa shape index (κ3) is 11.7. The molecule has 0 fully saturated rings. The SMILES string of the molecule is CC(C)[Si](C#Cc1c2cc3ccccc3cc2c(C#C[Si](C(C)C)(C(C)C)C(C)C)c2cc3ccccc3cc12)(C(C)C)C(C)C.CO[Si](C#Cc1c2cc3ccccc3cc2c(C#C[Si](OC)(OC)OC)c2cc3ccccc3cc12)(OC)OC. The summed E-state index contributed by atoms with van der Waals surface area (Å²) in [6.07, 6.45) is 0. The Hall–Kier alpha value is -6.85. The Morgan fingerprint density at radius 2 is 0.395 bits per heavy atom. The fraction of sp³-hybridized carbons (Fsp3) is 0.316. The second-order valence-electron chi connectivity index (χ2n) is 24.6.